The molecule has 0 bridgehead atoms. The fourth-order valence-electron chi connectivity index (χ4n) is 2.70. The second kappa shape index (κ2) is 6.21. The summed E-state index contributed by atoms with van der Waals surface area (Å²) in [7, 11) is 0. The number of benzene rings is 1. The van der Waals surface area contributed by atoms with Crippen LogP contribution in [-0.4, -0.2) is 16.9 Å². The Morgan fingerprint density at radius 3 is 2.79 bits per heavy atom. The van der Waals surface area contributed by atoms with Crippen LogP contribution in [0.1, 0.15) is 30.7 Å². The quantitative estimate of drug-likeness (QED) is 0.856. The van der Waals surface area contributed by atoms with E-state index in [4.69, 9.17) is 11.6 Å². The summed E-state index contributed by atoms with van der Waals surface area (Å²) < 4.78 is 1.28. The number of fused-ring (bicyclic) bond motifs is 1. The number of para-hydroxylation sites is 1. The minimum absolute atomic E-state index is 0.417. The van der Waals surface area contributed by atoms with Crippen LogP contribution in [0.2, 0.25) is 0 Å². The van der Waals surface area contributed by atoms with Gasteiger partial charge in [-0.3, -0.25) is 0 Å². The fourth-order valence-corrected chi connectivity index (χ4v) is 3.89. The van der Waals surface area contributed by atoms with Gasteiger partial charge in [-0.15, -0.1) is 22.9 Å². The molecular weight excluding hydrogens is 276 g/mol. The summed E-state index contributed by atoms with van der Waals surface area (Å²) in [6.07, 6.45) is 4.88. The van der Waals surface area contributed by atoms with E-state index in [0.717, 1.165) is 24.5 Å². The van der Waals surface area contributed by atoms with E-state index in [0.29, 0.717) is 5.38 Å². The molecule has 0 unspecified atom stereocenters. The number of rotatable bonds is 4. The lowest BCUT2D eigenvalue weighted by atomic mass is 9.89. The first-order chi connectivity index (χ1) is 9.31. The van der Waals surface area contributed by atoms with E-state index >= 15 is 0 Å². The van der Waals surface area contributed by atoms with Gasteiger partial charge >= 0.3 is 0 Å². The summed E-state index contributed by atoms with van der Waals surface area (Å²) >= 11 is 7.92. The molecule has 0 spiro atoms. The van der Waals surface area contributed by atoms with Gasteiger partial charge in [-0.2, -0.15) is 0 Å². The van der Waals surface area contributed by atoms with Crippen molar-refractivity contribution in [2.75, 3.05) is 6.54 Å². The van der Waals surface area contributed by atoms with E-state index in [1.54, 1.807) is 11.3 Å². The SMILES string of the molecule is ClC1CCC(CNCc2nc3ccccc3s2)CC1. The summed E-state index contributed by atoms with van der Waals surface area (Å²) in [5, 5.41) is 5.16. The number of aromatic nitrogens is 1. The maximum absolute atomic E-state index is 6.13. The third-order valence-corrected chi connectivity index (χ3v) is 5.30. The number of hydrogen-bond acceptors (Lipinski definition) is 3. The average molecular weight is 295 g/mol. The maximum atomic E-state index is 6.13. The normalized spacial score (nSPS) is 23.8. The Bertz CT molecular complexity index is 499. The molecule has 0 aliphatic heterocycles. The molecule has 3 rings (SSSR count). The largest absolute Gasteiger partial charge is 0.310 e. The molecule has 2 nitrogen and oxygen atoms in total. The molecule has 1 aromatic heterocycles. The molecule has 0 atom stereocenters. The Morgan fingerprint density at radius 1 is 1.21 bits per heavy atom. The molecular formula is C15H19ClN2S. The third-order valence-electron chi connectivity index (χ3n) is 3.82. The first kappa shape index (κ1) is 13.3. The topological polar surface area (TPSA) is 24.9 Å². The van der Waals surface area contributed by atoms with Crippen LogP contribution in [0.15, 0.2) is 24.3 Å². The number of alkyl halides is 1. The molecule has 1 fully saturated rings. The standard InChI is InChI=1S/C15H19ClN2S/c16-12-7-5-11(6-8-12)9-17-10-15-18-13-3-1-2-4-14(13)19-15/h1-4,11-12,17H,5-10H2. The Morgan fingerprint density at radius 2 is 2.00 bits per heavy atom. The van der Waals surface area contributed by atoms with E-state index < -0.39 is 0 Å². The lowest BCUT2D eigenvalue weighted by molar-refractivity contribution is 0.345. The van der Waals surface area contributed by atoms with E-state index in [2.05, 4.69) is 28.5 Å². The first-order valence-electron chi connectivity index (χ1n) is 7.00. The van der Waals surface area contributed by atoms with Crippen LogP contribution >= 0.6 is 22.9 Å². The van der Waals surface area contributed by atoms with E-state index in [9.17, 15) is 0 Å². The number of hydrogen-bond donors (Lipinski definition) is 1. The minimum atomic E-state index is 0.417. The molecule has 0 radical (unpaired) electrons. The van der Waals surface area contributed by atoms with Crippen molar-refractivity contribution < 1.29 is 0 Å². The zero-order valence-electron chi connectivity index (χ0n) is 10.9. The molecule has 1 N–H and O–H groups in total. The Hall–Kier alpha value is -0.640. The molecule has 102 valence electrons. The van der Waals surface area contributed by atoms with Crippen molar-refractivity contribution in [2.24, 2.45) is 5.92 Å². The van der Waals surface area contributed by atoms with E-state index in [1.807, 2.05) is 6.07 Å². The van der Waals surface area contributed by atoms with Gasteiger partial charge in [-0.25, -0.2) is 4.98 Å². The second-order valence-corrected chi connectivity index (χ2v) is 7.06. The highest BCUT2D eigenvalue weighted by atomic mass is 35.5. The molecule has 19 heavy (non-hydrogen) atoms. The third kappa shape index (κ3) is 3.47. The molecule has 2 aromatic rings. The van der Waals surface area contributed by atoms with Crippen LogP contribution in [0.25, 0.3) is 10.2 Å². The molecule has 0 saturated heterocycles. The van der Waals surface area contributed by atoms with E-state index in [1.165, 1.54) is 35.4 Å². The minimum Gasteiger partial charge on any atom is -0.310 e. The summed E-state index contributed by atoms with van der Waals surface area (Å²) in [6, 6.07) is 8.33. The molecule has 4 heteroatoms. The molecule has 1 aliphatic carbocycles. The van der Waals surface area contributed by atoms with Crippen LogP contribution in [0.4, 0.5) is 0 Å². The van der Waals surface area contributed by atoms with Crippen LogP contribution < -0.4 is 5.32 Å². The zero-order valence-corrected chi connectivity index (χ0v) is 12.5. The summed E-state index contributed by atoms with van der Waals surface area (Å²) in [4.78, 5) is 4.64. The Labute approximate surface area is 123 Å². The number of nitrogens with one attached hydrogen (secondary N) is 1. The maximum Gasteiger partial charge on any atom is 0.108 e. The highest BCUT2D eigenvalue weighted by Crippen LogP contribution is 2.27. The van der Waals surface area contributed by atoms with Crippen molar-refractivity contribution in [2.45, 2.75) is 37.6 Å². The van der Waals surface area contributed by atoms with Crippen molar-refractivity contribution in [1.82, 2.24) is 10.3 Å². The van der Waals surface area contributed by atoms with Crippen molar-refractivity contribution in [3.05, 3.63) is 29.3 Å². The number of halogens is 1. The van der Waals surface area contributed by atoms with Gasteiger partial charge in [0, 0.05) is 11.9 Å². The average Bonchev–Trinajstić information content (AvgIpc) is 2.83. The highest BCUT2D eigenvalue weighted by Gasteiger charge is 2.18. The smallest absolute Gasteiger partial charge is 0.108 e. The molecule has 1 saturated carbocycles. The van der Waals surface area contributed by atoms with Crippen molar-refractivity contribution >= 4 is 33.2 Å². The molecule has 1 heterocycles. The van der Waals surface area contributed by atoms with Crippen molar-refractivity contribution in [3.8, 4) is 0 Å². The number of nitrogens with zero attached hydrogens (tertiary/aromatic N) is 1. The van der Waals surface area contributed by atoms with Crippen LogP contribution in [-0.2, 0) is 6.54 Å². The lowest BCUT2D eigenvalue weighted by Gasteiger charge is -2.24. The van der Waals surface area contributed by atoms with Crippen molar-refractivity contribution in [1.29, 1.82) is 0 Å². The lowest BCUT2D eigenvalue weighted by Crippen LogP contribution is -2.26. The Kier molecular flexibility index (Phi) is 4.36. The molecule has 0 amide bonds. The Balaban J connectivity index is 1.49. The number of thiazole rings is 1. The van der Waals surface area contributed by atoms with Gasteiger partial charge in [0.2, 0.25) is 0 Å². The van der Waals surface area contributed by atoms with Gasteiger partial charge in [-0.1, -0.05) is 12.1 Å². The summed E-state index contributed by atoms with van der Waals surface area (Å²) in [5.41, 5.74) is 1.12. The van der Waals surface area contributed by atoms with E-state index in [-0.39, 0.29) is 0 Å². The first-order valence-corrected chi connectivity index (χ1v) is 8.26. The van der Waals surface area contributed by atoms with Gasteiger partial charge in [0.1, 0.15) is 5.01 Å². The molecule has 1 aliphatic rings. The zero-order chi connectivity index (χ0) is 13.1. The van der Waals surface area contributed by atoms with Gasteiger partial charge in [0.25, 0.3) is 0 Å². The van der Waals surface area contributed by atoms with Gasteiger partial charge < -0.3 is 5.32 Å². The van der Waals surface area contributed by atoms with Gasteiger partial charge in [0.05, 0.1) is 10.2 Å². The summed E-state index contributed by atoms with van der Waals surface area (Å²) in [6.45, 7) is 1.99. The van der Waals surface area contributed by atoms with Crippen LogP contribution in [0.5, 0.6) is 0 Å². The monoisotopic (exact) mass is 294 g/mol. The van der Waals surface area contributed by atoms with Crippen LogP contribution in [0.3, 0.4) is 0 Å². The van der Waals surface area contributed by atoms with Crippen LogP contribution in [0, 0.1) is 5.92 Å². The fraction of sp³-hybridized carbons (Fsp3) is 0.533. The van der Waals surface area contributed by atoms with Gasteiger partial charge in [-0.05, 0) is 50.3 Å². The summed E-state index contributed by atoms with van der Waals surface area (Å²) in [5.74, 6) is 0.796. The predicted octanol–water partition coefficient (Wildman–Crippen LogP) is 4.18. The molecule has 1 aromatic carbocycles. The van der Waals surface area contributed by atoms with Crippen molar-refractivity contribution in [3.63, 3.8) is 0 Å². The predicted molar refractivity (Wildman–Crippen MR) is 82.9 cm³/mol. The van der Waals surface area contributed by atoms with Gasteiger partial charge in [0.15, 0.2) is 0 Å². The second-order valence-electron chi connectivity index (χ2n) is 5.32. The highest BCUT2D eigenvalue weighted by molar-refractivity contribution is 7.18.